The number of aromatic nitrogens is 2. The largest absolute Gasteiger partial charge is 0.352 e. The highest BCUT2D eigenvalue weighted by Crippen LogP contribution is 1.92. The van der Waals surface area contributed by atoms with Crippen molar-refractivity contribution in [1.29, 1.82) is 0 Å². The van der Waals surface area contributed by atoms with Gasteiger partial charge in [-0.25, -0.2) is 0 Å². The number of hydrogen-bond donors (Lipinski definition) is 3. The van der Waals surface area contributed by atoms with Crippen LogP contribution in [0.4, 0.5) is 0 Å². The number of aromatic amines is 1. The molecule has 1 amide bonds. The van der Waals surface area contributed by atoms with Crippen molar-refractivity contribution in [3.8, 4) is 0 Å². The second kappa shape index (κ2) is 5.31. The number of H-pyrrole nitrogens is 1. The molecule has 3 N–H and O–H groups in total. The normalized spacial score (nSPS) is 9.92. The molecule has 0 fully saturated rings. The molecule has 0 saturated carbocycles. The molecule has 72 valence electrons. The molecule has 0 aliphatic rings. The number of nitrogens with zero attached hydrogens (tertiary/aromatic N) is 1. The van der Waals surface area contributed by atoms with E-state index < -0.39 is 0 Å². The van der Waals surface area contributed by atoms with E-state index in [1.807, 2.05) is 7.05 Å². The zero-order valence-corrected chi connectivity index (χ0v) is 7.63. The van der Waals surface area contributed by atoms with Gasteiger partial charge in [0, 0.05) is 12.7 Å². The summed E-state index contributed by atoms with van der Waals surface area (Å²) in [4.78, 5) is 11.3. The minimum Gasteiger partial charge on any atom is -0.352 e. The molecular weight excluding hydrogens is 168 g/mol. The maximum Gasteiger partial charge on any atom is 0.254 e. The average Bonchev–Trinajstić information content (AvgIpc) is 2.65. The Bertz CT molecular complexity index is 245. The lowest BCUT2D eigenvalue weighted by atomic mass is 10.3. The first-order valence-corrected chi connectivity index (χ1v) is 4.26. The summed E-state index contributed by atoms with van der Waals surface area (Å²) in [5.41, 5.74) is 0.574. The first-order valence-electron chi connectivity index (χ1n) is 4.26. The monoisotopic (exact) mass is 182 g/mol. The Morgan fingerprint density at radius 1 is 1.62 bits per heavy atom. The summed E-state index contributed by atoms with van der Waals surface area (Å²) in [6, 6.07) is 0. The molecule has 0 bridgehead atoms. The topological polar surface area (TPSA) is 69.8 Å². The van der Waals surface area contributed by atoms with Crippen LogP contribution in [0.2, 0.25) is 0 Å². The summed E-state index contributed by atoms with van der Waals surface area (Å²) in [5.74, 6) is -0.0788. The second-order valence-electron chi connectivity index (χ2n) is 2.70. The lowest BCUT2D eigenvalue weighted by Gasteiger charge is -2.02. The fourth-order valence-corrected chi connectivity index (χ4v) is 0.944. The molecule has 5 heteroatoms. The van der Waals surface area contributed by atoms with Crippen molar-refractivity contribution in [2.75, 3.05) is 20.1 Å². The van der Waals surface area contributed by atoms with Gasteiger partial charge in [-0.2, -0.15) is 5.10 Å². The maximum atomic E-state index is 11.3. The van der Waals surface area contributed by atoms with Crippen LogP contribution in [0.15, 0.2) is 12.4 Å². The third-order valence-electron chi connectivity index (χ3n) is 1.65. The molecule has 0 aromatic carbocycles. The van der Waals surface area contributed by atoms with Crippen LogP contribution in [0.3, 0.4) is 0 Å². The van der Waals surface area contributed by atoms with Crippen LogP contribution in [0.25, 0.3) is 0 Å². The smallest absolute Gasteiger partial charge is 0.254 e. The van der Waals surface area contributed by atoms with Crippen LogP contribution in [-0.2, 0) is 0 Å². The first-order chi connectivity index (χ1) is 6.34. The van der Waals surface area contributed by atoms with Crippen LogP contribution >= 0.6 is 0 Å². The number of rotatable bonds is 5. The van der Waals surface area contributed by atoms with Crippen molar-refractivity contribution in [2.45, 2.75) is 6.42 Å². The fourth-order valence-electron chi connectivity index (χ4n) is 0.944. The van der Waals surface area contributed by atoms with Gasteiger partial charge in [0.1, 0.15) is 0 Å². The number of carbonyl (C=O) groups excluding carboxylic acids is 1. The molecule has 1 aromatic rings. The molecule has 0 radical (unpaired) electrons. The predicted octanol–water partition coefficient (Wildman–Crippen LogP) is -0.251. The van der Waals surface area contributed by atoms with Gasteiger partial charge in [0.2, 0.25) is 0 Å². The van der Waals surface area contributed by atoms with Gasteiger partial charge in [-0.3, -0.25) is 9.89 Å². The molecule has 0 spiro atoms. The van der Waals surface area contributed by atoms with Crippen LogP contribution in [0, 0.1) is 0 Å². The van der Waals surface area contributed by atoms with E-state index in [2.05, 4.69) is 20.8 Å². The number of amides is 1. The summed E-state index contributed by atoms with van der Waals surface area (Å²) in [7, 11) is 1.89. The van der Waals surface area contributed by atoms with Crippen LogP contribution in [0.5, 0.6) is 0 Å². The maximum absolute atomic E-state index is 11.3. The van der Waals surface area contributed by atoms with Crippen molar-refractivity contribution in [1.82, 2.24) is 20.8 Å². The molecule has 5 nitrogen and oxygen atoms in total. The van der Waals surface area contributed by atoms with Crippen LogP contribution < -0.4 is 10.6 Å². The Balaban J connectivity index is 2.19. The Kier molecular flexibility index (Phi) is 3.98. The highest BCUT2D eigenvalue weighted by Gasteiger charge is 2.03. The predicted molar refractivity (Wildman–Crippen MR) is 49.5 cm³/mol. The summed E-state index contributed by atoms with van der Waals surface area (Å²) in [6.07, 6.45) is 4.01. The third-order valence-corrected chi connectivity index (χ3v) is 1.65. The molecule has 0 aliphatic carbocycles. The van der Waals surface area contributed by atoms with Gasteiger partial charge < -0.3 is 10.6 Å². The molecule has 1 aromatic heterocycles. The van der Waals surface area contributed by atoms with Crippen molar-refractivity contribution < 1.29 is 4.79 Å². The first kappa shape index (κ1) is 9.73. The highest BCUT2D eigenvalue weighted by atomic mass is 16.1. The van der Waals surface area contributed by atoms with E-state index in [0.717, 1.165) is 13.0 Å². The summed E-state index contributed by atoms with van der Waals surface area (Å²) in [5, 5.41) is 12.1. The molecular formula is C8H14N4O. The van der Waals surface area contributed by atoms with Crippen molar-refractivity contribution in [3.63, 3.8) is 0 Å². The minimum atomic E-state index is -0.0788. The van der Waals surface area contributed by atoms with Gasteiger partial charge in [0.05, 0.1) is 11.8 Å². The number of nitrogens with one attached hydrogen (secondary N) is 3. The van der Waals surface area contributed by atoms with Gasteiger partial charge in [0.15, 0.2) is 0 Å². The zero-order valence-electron chi connectivity index (χ0n) is 7.63. The molecule has 0 saturated heterocycles. The Morgan fingerprint density at radius 3 is 3.08 bits per heavy atom. The molecule has 0 unspecified atom stereocenters. The van der Waals surface area contributed by atoms with Gasteiger partial charge in [-0.1, -0.05) is 0 Å². The lowest BCUT2D eigenvalue weighted by Crippen LogP contribution is -2.26. The molecule has 1 heterocycles. The average molecular weight is 182 g/mol. The Morgan fingerprint density at radius 2 is 2.46 bits per heavy atom. The quantitative estimate of drug-likeness (QED) is 0.550. The van der Waals surface area contributed by atoms with E-state index in [1.165, 1.54) is 6.20 Å². The van der Waals surface area contributed by atoms with E-state index >= 15 is 0 Å². The van der Waals surface area contributed by atoms with Crippen molar-refractivity contribution in [3.05, 3.63) is 18.0 Å². The summed E-state index contributed by atoms with van der Waals surface area (Å²) >= 11 is 0. The lowest BCUT2D eigenvalue weighted by molar-refractivity contribution is 0.0953. The minimum absolute atomic E-state index is 0.0788. The molecule has 1 rings (SSSR count). The van der Waals surface area contributed by atoms with E-state index in [-0.39, 0.29) is 5.91 Å². The zero-order chi connectivity index (χ0) is 9.52. The van der Waals surface area contributed by atoms with Crippen LogP contribution in [-0.4, -0.2) is 36.2 Å². The Labute approximate surface area is 76.9 Å². The van der Waals surface area contributed by atoms with Gasteiger partial charge >= 0.3 is 0 Å². The fraction of sp³-hybridized carbons (Fsp3) is 0.500. The molecule has 13 heavy (non-hydrogen) atoms. The molecule has 0 aliphatic heterocycles. The van der Waals surface area contributed by atoms with Gasteiger partial charge in [-0.15, -0.1) is 0 Å². The van der Waals surface area contributed by atoms with Crippen molar-refractivity contribution >= 4 is 5.91 Å². The van der Waals surface area contributed by atoms with Gasteiger partial charge in [0.25, 0.3) is 5.91 Å². The van der Waals surface area contributed by atoms with E-state index in [9.17, 15) is 4.79 Å². The van der Waals surface area contributed by atoms with Crippen LogP contribution in [0.1, 0.15) is 16.8 Å². The number of hydrogen-bond acceptors (Lipinski definition) is 3. The highest BCUT2D eigenvalue weighted by molar-refractivity contribution is 5.93. The summed E-state index contributed by atoms with van der Waals surface area (Å²) in [6.45, 7) is 1.59. The van der Waals surface area contributed by atoms with E-state index in [4.69, 9.17) is 0 Å². The van der Waals surface area contributed by atoms with Crippen molar-refractivity contribution in [2.24, 2.45) is 0 Å². The molecule has 0 atom stereocenters. The second-order valence-corrected chi connectivity index (χ2v) is 2.70. The van der Waals surface area contributed by atoms with E-state index in [0.29, 0.717) is 12.1 Å². The standard InChI is InChI=1S/C8H14N4O/c1-9-3-2-4-10-8(13)7-5-11-12-6-7/h5-6,9H,2-4H2,1H3,(H,10,13)(H,11,12). The Hall–Kier alpha value is -1.36. The summed E-state index contributed by atoms with van der Waals surface area (Å²) < 4.78 is 0. The van der Waals surface area contributed by atoms with Gasteiger partial charge in [-0.05, 0) is 20.0 Å². The SMILES string of the molecule is CNCCCNC(=O)c1cn[nH]c1. The number of carbonyl (C=O) groups is 1. The van der Waals surface area contributed by atoms with E-state index in [1.54, 1.807) is 6.20 Å². The third kappa shape index (κ3) is 3.25.